The zero-order chi connectivity index (χ0) is 23.3. The Hall–Kier alpha value is -4.10. The predicted molar refractivity (Wildman–Crippen MR) is 133 cm³/mol. The van der Waals surface area contributed by atoms with Gasteiger partial charge >= 0.3 is 0 Å². The van der Waals surface area contributed by atoms with Crippen LogP contribution in [0.2, 0.25) is 0 Å². The maximum atomic E-state index is 5.79. The molecular weight excluding hydrogens is 414 g/mol. The Morgan fingerprint density at radius 1 is 1.06 bits per heavy atom. The number of ether oxygens (including phenoxy) is 1. The molecule has 0 unspecified atom stereocenters. The number of nitrogens with zero attached hydrogens (tertiary/aromatic N) is 2. The Morgan fingerprint density at radius 3 is 2.61 bits per heavy atom. The third kappa shape index (κ3) is 3.25. The maximum absolute atomic E-state index is 5.79. The van der Waals surface area contributed by atoms with Gasteiger partial charge in [0.1, 0.15) is 23.0 Å². The monoisotopic (exact) mass is 439 g/mol. The molecule has 0 aliphatic carbocycles. The molecule has 5 rings (SSSR count). The number of aromatic nitrogens is 4. The summed E-state index contributed by atoms with van der Waals surface area (Å²) in [5.41, 5.74) is 7.12. The first kappa shape index (κ1) is 20.8. The van der Waals surface area contributed by atoms with Gasteiger partial charge in [0, 0.05) is 44.7 Å². The van der Waals surface area contributed by atoms with E-state index in [0.717, 1.165) is 60.8 Å². The number of nitrogens with two attached hydrogens (primary N) is 1. The number of H-pyrrole nitrogens is 2. The van der Waals surface area contributed by atoms with E-state index in [4.69, 9.17) is 25.4 Å². The van der Waals surface area contributed by atoms with Gasteiger partial charge in [-0.2, -0.15) is 5.90 Å². The molecule has 3 heterocycles. The van der Waals surface area contributed by atoms with Crippen LogP contribution < -0.4 is 10.6 Å². The van der Waals surface area contributed by atoms with Gasteiger partial charge in [0.15, 0.2) is 0 Å². The van der Waals surface area contributed by atoms with Gasteiger partial charge in [0.2, 0.25) is 0 Å². The fourth-order valence-electron chi connectivity index (χ4n) is 4.57. The number of aryl methyl sites for hydroxylation is 1. The first-order valence-electron chi connectivity index (χ1n) is 10.6. The number of benzene rings is 2. The lowest BCUT2D eigenvalue weighted by Crippen LogP contribution is -2.02. The summed E-state index contributed by atoms with van der Waals surface area (Å²) in [5, 5.41) is 3.03. The quantitative estimate of drug-likeness (QED) is 0.183. The second-order valence-corrected chi connectivity index (χ2v) is 8.14. The molecule has 0 saturated heterocycles. The van der Waals surface area contributed by atoms with E-state index in [1.165, 1.54) is 0 Å². The van der Waals surface area contributed by atoms with E-state index in [1.807, 2.05) is 45.2 Å². The summed E-state index contributed by atoms with van der Waals surface area (Å²) < 4.78 is 5.79. The number of fused-ring (bicyclic) bond motifs is 4. The van der Waals surface area contributed by atoms with Crippen LogP contribution in [0.25, 0.3) is 49.7 Å². The second kappa shape index (κ2) is 7.79. The Balaban J connectivity index is 1.88. The molecule has 33 heavy (non-hydrogen) atoms. The molecule has 0 spiro atoms. The summed E-state index contributed by atoms with van der Waals surface area (Å²) in [5.74, 6) is 7.42. The summed E-state index contributed by atoms with van der Waals surface area (Å²) in [4.78, 5) is 21.4. The Bertz CT molecular complexity index is 1590. The molecule has 0 bridgehead atoms. The highest BCUT2D eigenvalue weighted by Crippen LogP contribution is 2.41. The molecule has 0 radical (unpaired) electrons. The molecule has 0 saturated carbocycles. The summed E-state index contributed by atoms with van der Waals surface area (Å²) in [7, 11) is 1.65. The number of aromatic amines is 2. The molecule has 5 aromatic rings. The van der Waals surface area contributed by atoms with Crippen LogP contribution in [0.15, 0.2) is 60.5 Å². The maximum Gasteiger partial charge on any atom is 0.142 e. The molecule has 0 fully saturated rings. The lowest BCUT2D eigenvalue weighted by atomic mass is 9.96. The van der Waals surface area contributed by atoms with Crippen LogP contribution in [0.1, 0.15) is 25.2 Å². The van der Waals surface area contributed by atoms with Gasteiger partial charge in [-0.25, -0.2) is 9.97 Å². The fraction of sp³-hybridized carbons (Fsp3) is 0.154. The van der Waals surface area contributed by atoms with E-state index in [1.54, 1.807) is 7.11 Å². The van der Waals surface area contributed by atoms with Gasteiger partial charge in [-0.05, 0) is 50.6 Å². The van der Waals surface area contributed by atoms with Crippen molar-refractivity contribution in [2.75, 3.05) is 7.11 Å². The summed E-state index contributed by atoms with van der Waals surface area (Å²) in [6, 6.07) is 12.3. The van der Waals surface area contributed by atoms with E-state index in [9.17, 15) is 0 Å². The minimum Gasteiger partial charge on any atom is -0.496 e. The van der Waals surface area contributed by atoms with E-state index in [0.29, 0.717) is 17.3 Å². The lowest BCUT2D eigenvalue weighted by molar-refractivity contribution is 0.224. The first-order chi connectivity index (χ1) is 15.9. The molecule has 0 atom stereocenters. The minimum absolute atomic E-state index is 0.562. The molecule has 2 aromatic carbocycles. The number of allylic oxidation sites excluding steroid dienone is 3. The first-order valence-corrected chi connectivity index (χ1v) is 10.6. The van der Waals surface area contributed by atoms with Crippen LogP contribution in [-0.2, 0) is 4.84 Å². The number of rotatable bonds is 5. The highest BCUT2D eigenvalue weighted by molar-refractivity contribution is 6.15. The van der Waals surface area contributed by atoms with Crippen molar-refractivity contribution in [3.05, 3.63) is 71.9 Å². The standard InChI is InChI=1S/C26H25N5O2/c1-13(2)23(14(3)33-27)19-11-21-18(12-22(19)32-5)24-25(29-15(4)30-26(24)31-21)17-7-6-8-20-16(17)9-10-28-20/h6-12,28H,1,27H2,2-5H3,(H,29,30,31)/b23-14+. The van der Waals surface area contributed by atoms with E-state index in [2.05, 4.69) is 34.7 Å². The Labute approximate surface area is 190 Å². The molecule has 0 aliphatic rings. The molecule has 0 amide bonds. The van der Waals surface area contributed by atoms with Crippen LogP contribution in [0, 0.1) is 6.92 Å². The molecule has 166 valence electrons. The van der Waals surface area contributed by atoms with Crippen molar-refractivity contribution in [2.24, 2.45) is 5.90 Å². The topological polar surface area (TPSA) is 102 Å². The minimum atomic E-state index is 0.562. The summed E-state index contributed by atoms with van der Waals surface area (Å²) in [6.45, 7) is 9.73. The normalized spacial score (nSPS) is 12.4. The van der Waals surface area contributed by atoms with Crippen molar-refractivity contribution >= 4 is 38.4 Å². The fourth-order valence-corrected chi connectivity index (χ4v) is 4.57. The van der Waals surface area contributed by atoms with Gasteiger partial charge in [0.05, 0.1) is 18.2 Å². The van der Waals surface area contributed by atoms with Crippen LogP contribution in [-0.4, -0.2) is 27.0 Å². The van der Waals surface area contributed by atoms with Gasteiger partial charge in [-0.1, -0.05) is 18.7 Å². The van der Waals surface area contributed by atoms with Gasteiger partial charge < -0.3 is 19.5 Å². The van der Waals surface area contributed by atoms with E-state index in [-0.39, 0.29) is 0 Å². The van der Waals surface area contributed by atoms with Crippen molar-refractivity contribution in [1.82, 2.24) is 19.9 Å². The van der Waals surface area contributed by atoms with Crippen LogP contribution in [0.4, 0.5) is 0 Å². The van der Waals surface area contributed by atoms with Crippen molar-refractivity contribution in [2.45, 2.75) is 20.8 Å². The van der Waals surface area contributed by atoms with Crippen molar-refractivity contribution < 1.29 is 9.57 Å². The molecular formula is C26H25N5O2. The largest absolute Gasteiger partial charge is 0.496 e. The average Bonchev–Trinajstić information content (AvgIpc) is 3.41. The van der Waals surface area contributed by atoms with E-state index < -0.39 is 0 Å². The van der Waals surface area contributed by atoms with Gasteiger partial charge in [0.25, 0.3) is 0 Å². The number of methoxy groups -OCH3 is 1. The zero-order valence-electron chi connectivity index (χ0n) is 19.0. The average molecular weight is 440 g/mol. The molecule has 4 N–H and O–H groups in total. The third-order valence-electron chi connectivity index (χ3n) is 5.96. The Kier molecular flexibility index (Phi) is 4.91. The van der Waals surface area contributed by atoms with Gasteiger partial charge in [-0.15, -0.1) is 0 Å². The molecule has 3 aromatic heterocycles. The highest BCUT2D eigenvalue weighted by Gasteiger charge is 2.21. The van der Waals surface area contributed by atoms with Crippen LogP contribution >= 0.6 is 0 Å². The molecule has 7 heteroatoms. The zero-order valence-corrected chi connectivity index (χ0v) is 19.0. The van der Waals surface area contributed by atoms with Crippen molar-refractivity contribution in [1.29, 1.82) is 0 Å². The number of hydrogen-bond acceptors (Lipinski definition) is 5. The van der Waals surface area contributed by atoms with Crippen LogP contribution in [0.5, 0.6) is 5.75 Å². The summed E-state index contributed by atoms with van der Waals surface area (Å²) >= 11 is 0. The lowest BCUT2D eigenvalue weighted by Gasteiger charge is -2.15. The Morgan fingerprint density at radius 2 is 1.88 bits per heavy atom. The van der Waals surface area contributed by atoms with Gasteiger partial charge in [-0.3, -0.25) is 0 Å². The van der Waals surface area contributed by atoms with Crippen molar-refractivity contribution in [3.8, 4) is 17.0 Å². The number of nitrogens with one attached hydrogen (secondary N) is 2. The predicted octanol–water partition coefficient (Wildman–Crippen LogP) is 5.77. The van der Waals surface area contributed by atoms with E-state index >= 15 is 0 Å². The van der Waals surface area contributed by atoms with Crippen molar-refractivity contribution in [3.63, 3.8) is 0 Å². The summed E-state index contributed by atoms with van der Waals surface area (Å²) in [6.07, 6.45) is 1.94. The smallest absolute Gasteiger partial charge is 0.142 e. The molecule has 0 aliphatic heterocycles. The highest BCUT2D eigenvalue weighted by atomic mass is 16.6. The van der Waals surface area contributed by atoms with Crippen LogP contribution in [0.3, 0.4) is 0 Å². The SMILES string of the molecule is C=C(C)/C(=C(/C)ON)c1cc2[nH]c3nc(C)nc(-c4cccc5[nH]ccc45)c3c2cc1OC. The number of hydrogen-bond donors (Lipinski definition) is 3. The third-order valence-corrected chi connectivity index (χ3v) is 5.96. The second-order valence-electron chi connectivity index (χ2n) is 8.14. The molecule has 7 nitrogen and oxygen atoms in total.